The second-order valence-corrected chi connectivity index (χ2v) is 5.62. The Morgan fingerprint density at radius 1 is 1.29 bits per heavy atom. The van der Waals surface area contributed by atoms with Crippen molar-refractivity contribution in [1.82, 2.24) is 14.8 Å². The lowest BCUT2D eigenvalue weighted by Crippen LogP contribution is -2.23. The molecule has 1 unspecified atom stereocenters. The van der Waals surface area contributed by atoms with Crippen LogP contribution < -0.4 is 11.1 Å². The van der Waals surface area contributed by atoms with E-state index in [9.17, 15) is 0 Å². The maximum absolute atomic E-state index is 5.94. The van der Waals surface area contributed by atoms with Gasteiger partial charge in [0.25, 0.3) is 0 Å². The summed E-state index contributed by atoms with van der Waals surface area (Å²) in [5.41, 5.74) is 8.23. The van der Waals surface area contributed by atoms with Crippen molar-refractivity contribution in [2.75, 3.05) is 11.9 Å². The van der Waals surface area contributed by atoms with E-state index in [0.717, 1.165) is 30.9 Å². The molecule has 0 bridgehead atoms. The third kappa shape index (κ3) is 5.77. The number of aliphatic imine (C=N–C) groups is 1. The number of hydrogen-bond acceptors (Lipinski definition) is 3. The first-order valence-electron chi connectivity index (χ1n) is 8.17. The van der Waals surface area contributed by atoms with Crippen LogP contribution in [-0.4, -0.2) is 27.3 Å². The van der Waals surface area contributed by atoms with Gasteiger partial charge in [-0.3, -0.25) is 4.99 Å². The Kier molecular flexibility index (Phi) is 8.73. The van der Waals surface area contributed by atoms with Crippen molar-refractivity contribution in [3.05, 3.63) is 42.0 Å². The van der Waals surface area contributed by atoms with Crippen LogP contribution in [0.15, 0.2) is 35.6 Å². The Morgan fingerprint density at radius 2 is 2.00 bits per heavy atom. The number of aryl methyl sites for hydroxylation is 1. The summed E-state index contributed by atoms with van der Waals surface area (Å²) >= 11 is 0. The van der Waals surface area contributed by atoms with E-state index in [1.807, 2.05) is 16.7 Å². The molecule has 0 radical (unpaired) electrons. The van der Waals surface area contributed by atoms with Crippen molar-refractivity contribution >= 4 is 35.6 Å². The summed E-state index contributed by atoms with van der Waals surface area (Å²) in [5, 5.41) is 11.1. The Hall–Kier alpha value is -1.64. The molecule has 0 saturated carbocycles. The van der Waals surface area contributed by atoms with Gasteiger partial charge in [-0.1, -0.05) is 32.9 Å². The number of nitrogens with one attached hydrogen (secondary N) is 1. The van der Waals surface area contributed by atoms with E-state index in [-0.39, 0.29) is 24.0 Å². The van der Waals surface area contributed by atoms with Gasteiger partial charge >= 0.3 is 0 Å². The fraction of sp³-hybridized carbons (Fsp3) is 0.471. The molecule has 1 aromatic heterocycles. The molecule has 2 aromatic rings. The molecule has 132 valence electrons. The SMILES string of the molecule is CCc1nncn1CCN=C(N)Nc1ccc(C(C)CC)cc1.I. The van der Waals surface area contributed by atoms with Gasteiger partial charge in [0.15, 0.2) is 5.96 Å². The molecule has 24 heavy (non-hydrogen) atoms. The Balaban J connectivity index is 0.00000288. The highest BCUT2D eigenvalue weighted by molar-refractivity contribution is 14.0. The predicted molar refractivity (Wildman–Crippen MR) is 110 cm³/mol. The molecular formula is C17H27IN6. The van der Waals surface area contributed by atoms with Crippen molar-refractivity contribution in [1.29, 1.82) is 0 Å². The number of anilines is 1. The molecule has 0 fully saturated rings. The van der Waals surface area contributed by atoms with Gasteiger partial charge in [0.2, 0.25) is 0 Å². The first-order chi connectivity index (χ1) is 11.1. The third-order valence-electron chi connectivity index (χ3n) is 4.00. The first-order valence-corrected chi connectivity index (χ1v) is 8.17. The van der Waals surface area contributed by atoms with Crippen molar-refractivity contribution < 1.29 is 0 Å². The van der Waals surface area contributed by atoms with Gasteiger partial charge in [-0.05, 0) is 30.0 Å². The van der Waals surface area contributed by atoms with Crippen LogP contribution in [0.2, 0.25) is 0 Å². The molecule has 1 heterocycles. The normalized spacial score (nSPS) is 12.5. The minimum Gasteiger partial charge on any atom is -0.370 e. The number of guanidine groups is 1. The third-order valence-corrected chi connectivity index (χ3v) is 4.00. The van der Waals surface area contributed by atoms with Crippen LogP contribution in [-0.2, 0) is 13.0 Å². The number of aromatic nitrogens is 3. The van der Waals surface area contributed by atoms with E-state index >= 15 is 0 Å². The van der Waals surface area contributed by atoms with Crippen molar-refractivity contribution in [2.24, 2.45) is 10.7 Å². The largest absolute Gasteiger partial charge is 0.370 e. The van der Waals surface area contributed by atoms with Crippen LogP contribution in [0, 0.1) is 0 Å². The fourth-order valence-electron chi connectivity index (χ4n) is 2.34. The van der Waals surface area contributed by atoms with Crippen LogP contribution in [0.1, 0.15) is 44.5 Å². The van der Waals surface area contributed by atoms with Crippen LogP contribution in [0.25, 0.3) is 0 Å². The molecule has 1 aromatic carbocycles. The van der Waals surface area contributed by atoms with E-state index in [4.69, 9.17) is 5.73 Å². The molecule has 7 heteroatoms. The van der Waals surface area contributed by atoms with Crippen LogP contribution in [0.4, 0.5) is 5.69 Å². The van der Waals surface area contributed by atoms with E-state index in [0.29, 0.717) is 18.4 Å². The Labute approximate surface area is 161 Å². The van der Waals surface area contributed by atoms with Crippen molar-refractivity contribution in [2.45, 2.75) is 46.1 Å². The zero-order valence-electron chi connectivity index (χ0n) is 14.6. The summed E-state index contributed by atoms with van der Waals surface area (Å²) in [4.78, 5) is 4.35. The summed E-state index contributed by atoms with van der Waals surface area (Å²) in [6, 6.07) is 8.35. The van der Waals surface area contributed by atoms with Gasteiger partial charge in [-0.25, -0.2) is 0 Å². The van der Waals surface area contributed by atoms with E-state index in [1.165, 1.54) is 5.56 Å². The minimum atomic E-state index is 0. The number of nitrogens with zero attached hydrogens (tertiary/aromatic N) is 4. The lowest BCUT2D eigenvalue weighted by atomic mass is 9.99. The summed E-state index contributed by atoms with van der Waals surface area (Å²) in [6.45, 7) is 7.80. The van der Waals surface area contributed by atoms with Gasteiger partial charge in [0.05, 0.1) is 6.54 Å². The highest BCUT2D eigenvalue weighted by Gasteiger charge is 2.03. The van der Waals surface area contributed by atoms with Crippen molar-refractivity contribution in [3.8, 4) is 0 Å². The molecule has 0 spiro atoms. The maximum atomic E-state index is 5.94. The second-order valence-electron chi connectivity index (χ2n) is 5.62. The molecule has 0 amide bonds. The van der Waals surface area contributed by atoms with Crippen LogP contribution in [0.5, 0.6) is 0 Å². The highest BCUT2D eigenvalue weighted by Crippen LogP contribution is 2.20. The predicted octanol–water partition coefficient (Wildman–Crippen LogP) is 3.40. The molecule has 0 aliphatic heterocycles. The molecule has 0 aliphatic rings. The molecule has 1 atom stereocenters. The number of nitrogens with two attached hydrogens (primary N) is 1. The fourth-order valence-corrected chi connectivity index (χ4v) is 2.34. The quantitative estimate of drug-likeness (QED) is 0.391. The van der Waals surface area contributed by atoms with Gasteiger partial charge in [-0.2, -0.15) is 0 Å². The van der Waals surface area contributed by atoms with Gasteiger partial charge in [0.1, 0.15) is 12.2 Å². The summed E-state index contributed by atoms with van der Waals surface area (Å²) < 4.78 is 2.00. The van der Waals surface area contributed by atoms with E-state index in [2.05, 4.69) is 53.4 Å². The summed E-state index contributed by atoms with van der Waals surface area (Å²) in [5.74, 6) is 1.96. The molecule has 0 saturated heterocycles. The first kappa shape index (κ1) is 20.4. The molecule has 3 N–H and O–H groups in total. The molecular weight excluding hydrogens is 415 g/mol. The summed E-state index contributed by atoms with van der Waals surface area (Å²) in [7, 11) is 0. The zero-order chi connectivity index (χ0) is 16.7. The van der Waals surface area contributed by atoms with Crippen molar-refractivity contribution in [3.63, 3.8) is 0 Å². The van der Waals surface area contributed by atoms with Gasteiger partial charge in [-0.15, -0.1) is 34.2 Å². The minimum absolute atomic E-state index is 0. The van der Waals surface area contributed by atoms with Gasteiger partial charge < -0.3 is 15.6 Å². The highest BCUT2D eigenvalue weighted by atomic mass is 127. The maximum Gasteiger partial charge on any atom is 0.193 e. The average molecular weight is 442 g/mol. The van der Waals surface area contributed by atoms with E-state index in [1.54, 1.807) is 6.33 Å². The number of benzene rings is 1. The molecule has 6 nitrogen and oxygen atoms in total. The van der Waals surface area contributed by atoms with Crippen LogP contribution in [0.3, 0.4) is 0 Å². The summed E-state index contributed by atoms with van der Waals surface area (Å²) in [6.07, 6.45) is 3.73. The Morgan fingerprint density at radius 3 is 2.62 bits per heavy atom. The average Bonchev–Trinajstić information content (AvgIpc) is 3.02. The second kappa shape index (κ2) is 10.3. The van der Waals surface area contributed by atoms with Gasteiger partial charge in [0, 0.05) is 18.7 Å². The smallest absolute Gasteiger partial charge is 0.193 e. The lowest BCUT2D eigenvalue weighted by molar-refractivity contribution is 0.666. The molecule has 0 aliphatic carbocycles. The Bertz CT molecular complexity index is 635. The topological polar surface area (TPSA) is 81.1 Å². The number of rotatable bonds is 7. The molecule has 2 rings (SSSR count). The zero-order valence-corrected chi connectivity index (χ0v) is 16.9. The monoisotopic (exact) mass is 442 g/mol. The van der Waals surface area contributed by atoms with Crippen LogP contribution >= 0.6 is 24.0 Å². The number of halogens is 1. The number of hydrogen-bond donors (Lipinski definition) is 2. The lowest BCUT2D eigenvalue weighted by Gasteiger charge is -2.11. The standard InChI is InChI=1S/C17H26N6.HI/c1-4-13(3)14-6-8-15(9-7-14)21-17(18)19-10-11-23-12-20-22-16(23)5-2;/h6-9,12-13H,4-5,10-11H2,1-3H3,(H3,18,19,21);1H. The van der Waals surface area contributed by atoms with E-state index < -0.39 is 0 Å².